The van der Waals surface area contributed by atoms with Crippen LogP contribution in [0.3, 0.4) is 0 Å². The number of nitrogens with zero attached hydrogens (tertiary/aromatic N) is 6. The molecule has 1 N–H and O–H groups in total. The van der Waals surface area contributed by atoms with Gasteiger partial charge in [-0.3, -0.25) is 18.7 Å². The maximum atomic E-state index is 13.0. The maximum absolute atomic E-state index is 13.0. The minimum absolute atomic E-state index is 0.240. The molecule has 0 spiro atoms. The van der Waals surface area contributed by atoms with Crippen LogP contribution in [-0.4, -0.2) is 34.4 Å². The van der Waals surface area contributed by atoms with Gasteiger partial charge in [0.2, 0.25) is 0 Å². The quantitative estimate of drug-likeness (QED) is 0.552. The van der Waals surface area contributed by atoms with Crippen molar-refractivity contribution in [3.63, 3.8) is 0 Å². The lowest BCUT2D eigenvalue weighted by atomic mass is 10.3. The van der Waals surface area contributed by atoms with Gasteiger partial charge in [-0.25, -0.2) is 9.78 Å². The summed E-state index contributed by atoms with van der Waals surface area (Å²) in [5, 5.41) is 7.49. The Morgan fingerprint density at radius 2 is 1.79 bits per heavy atom. The molecule has 0 atom stereocenters. The van der Waals surface area contributed by atoms with Crippen LogP contribution < -0.4 is 16.6 Å². The molecule has 10 heteroatoms. The molecule has 29 heavy (non-hydrogen) atoms. The first-order chi connectivity index (χ1) is 13.8. The molecule has 0 aliphatic heterocycles. The standard InChI is InChI=1S/C19H19N7O3/c1-11-9-15(26(22-11)14-7-5-6-8-20-14)21-16(27)13-10-12-17(23(13)2)24(3)19(29)25(4)18(12)28/h5-10H,1-4H3,(H,21,27). The Morgan fingerprint density at radius 3 is 2.48 bits per heavy atom. The van der Waals surface area contributed by atoms with E-state index in [1.807, 2.05) is 13.0 Å². The fourth-order valence-electron chi connectivity index (χ4n) is 3.38. The number of hydrogen-bond donors (Lipinski definition) is 1. The number of aryl methyl sites for hydroxylation is 3. The zero-order valence-electron chi connectivity index (χ0n) is 16.4. The first kappa shape index (κ1) is 18.4. The molecule has 0 unspecified atom stereocenters. The Bertz CT molecular complexity index is 1370. The lowest BCUT2D eigenvalue weighted by molar-refractivity contribution is 0.101. The highest BCUT2D eigenvalue weighted by Gasteiger charge is 2.21. The van der Waals surface area contributed by atoms with E-state index in [9.17, 15) is 14.4 Å². The number of nitrogens with one attached hydrogen (secondary N) is 1. The smallest absolute Gasteiger partial charge is 0.325 e. The molecule has 0 radical (unpaired) electrons. The topological polar surface area (TPSA) is 109 Å². The van der Waals surface area contributed by atoms with Crippen molar-refractivity contribution >= 4 is 22.8 Å². The van der Waals surface area contributed by atoms with Gasteiger partial charge in [0.05, 0.1) is 11.1 Å². The van der Waals surface area contributed by atoms with Crippen molar-refractivity contribution in [3.8, 4) is 5.82 Å². The maximum Gasteiger partial charge on any atom is 0.332 e. The van der Waals surface area contributed by atoms with Crippen molar-refractivity contribution in [2.75, 3.05) is 5.32 Å². The number of carbonyl (C=O) groups excluding carboxylic acids is 1. The average molecular weight is 393 g/mol. The van der Waals surface area contributed by atoms with Crippen molar-refractivity contribution in [1.82, 2.24) is 28.5 Å². The van der Waals surface area contributed by atoms with E-state index >= 15 is 0 Å². The number of anilines is 1. The summed E-state index contributed by atoms with van der Waals surface area (Å²) in [6.07, 6.45) is 1.64. The Hall–Kier alpha value is -3.95. The Labute approximate surface area is 164 Å². The number of amides is 1. The second-order valence-corrected chi connectivity index (χ2v) is 6.76. The average Bonchev–Trinajstić information content (AvgIpc) is 3.25. The molecule has 10 nitrogen and oxygen atoms in total. The summed E-state index contributed by atoms with van der Waals surface area (Å²) in [6.45, 7) is 1.81. The first-order valence-electron chi connectivity index (χ1n) is 8.84. The third-order valence-corrected chi connectivity index (χ3v) is 4.80. The van der Waals surface area contributed by atoms with Crippen LogP contribution >= 0.6 is 0 Å². The van der Waals surface area contributed by atoms with Gasteiger partial charge in [0.15, 0.2) is 5.82 Å². The Morgan fingerprint density at radius 1 is 1.03 bits per heavy atom. The molecule has 0 aliphatic carbocycles. The van der Waals surface area contributed by atoms with Gasteiger partial charge in [-0.15, -0.1) is 0 Å². The number of pyridine rings is 1. The van der Waals surface area contributed by atoms with Gasteiger partial charge in [0, 0.05) is 33.4 Å². The fraction of sp³-hybridized carbons (Fsp3) is 0.211. The van der Waals surface area contributed by atoms with E-state index in [0.717, 1.165) is 4.57 Å². The fourth-order valence-corrected chi connectivity index (χ4v) is 3.38. The van der Waals surface area contributed by atoms with Crippen molar-refractivity contribution < 1.29 is 4.79 Å². The summed E-state index contributed by atoms with van der Waals surface area (Å²) in [5.74, 6) is 0.567. The Kier molecular flexibility index (Phi) is 4.18. The van der Waals surface area contributed by atoms with Crippen molar-refractivity contribution in [2.24, 2.45) is 21.1 Å². The third-order valence-electron chi connectivity index (χ3n) is 4.80. The van der Waals surface area contributed by atoms with Crippen molar-refractivity contribution in [3.05, 3.63) is 68.8 Å². The molecular formula is C19H19N7O3. The Balaban J connectivity index is 1.80. The number of fused-ring (bicyclic) bond motifs is 1. The molecule has 4 heterocycles. The number of aromatic nitrogens is 6. The number of rotatable bonds is 3. The molecule has 0 saturated carbocycles. The van der Waals surface area contributed by atoms with Crippen LogP contribution in [0, 0.1) is 6.92 Å². The van der Waals surface area contributed by atoms with E-state index in [1.165, 1.54) is 26.9 Å². The van der Waals surface area contributed by atoms with Crippen LogP contribution in [0.2, 0.25) is 0 Å². The lowest BCUT2D eigenvalue weighted by Crippen LogP contribution is -2.37. The largest absolute Gasteiger partial charge is 0.332 e. The monoisotopic (exact) mass is 393 g/mol. The minimum Gasteiger partial charge on any atom is -0.325 e. The molecule has 1 amide bonds. The van der Waals surface area contributed by atoms with Gasteiger partial charge in [0.25, 0.3) is 11.5 Å². The van der Waals surface area contributed by atoms with E-state index in [-0.39, 0.29) is 11.1 Å². The van der Waals surface area contributed by atoms with Gasteiger partial charge in [-0.2, -0.15) is 9.78 Å². The van der Waals surface area contributed by atoms with Gasteiger partial charge in [0.1, 0.15) is 17.2 Å². The summed E-state index contributed by atoms with van der Waals surface area (Å²) >= 11 is 0. The summed E-state index contributed by atoms with van der Waals surface area (Å²) in [7, 11) is 4.60. The zero-order chi connectivity index (χ0) is 20.9. The van der Waals surface area contributed by atoms with E-state index in [4.69, 9.17) is 0 Å². The summed E-state index contributed by atoms with van der Waals surface area (Å²) in [6, 6.07) is 8.60. The third kappa shape index (κ3) is 2.85. The summed E-state index contributed by atoms with van der Waals surface area (Å²) in [5.41, 5.74) is 0.410. The summed E-state index contributed by atoms with van der Waals surface area (Å²) < 4.78 is 5.42. The number of hydrogen-bond acceptors (Lipinski definition) is 5. The molecule has 0 saturated heterocycles. The van der Waals surface area contributed by atoms with Crippen LogP contribution in [-0.2, 0) is 21.1 Å². The molecule has 4 aromatic rings. The SMILES string of the molecule is Cc1cc(NC(=O)c2cc3c(=O)n(C)c(=O)n(C)c3n2C)n(-c2ccccn2)n1. The van der Waals surface area contributed by atoms with Crippen LogP contribution in [0.5, 0.6) is 0 Å². The number of carbonyl (C=O) groups is 1. The highest BCUT2D eigenvalue weighted by Crippen LogP contribution is 2.19. The molecule has 0 fully saturated rings. The molecule has 148 valence electrons. The van der Waals surface area contributed by atoms with Gasteiger partial charge in [-0.05, 0) is 25.1 Å². The highest BCUT2D eigenvalue weighted by molar-refractivity contribution is 6.05. The van der Waals surface area contributed by atoms with Crippen LogP contribution in [0.4, 0.5) is 5.82 Å². The lowest BCUT2D eigenvalue weighted by Gasteiger charge is -2.10. The van der Waals surface area contributed by atoms with Crippen molar-refractivity contribution in [1.29, 1.82) is 0 Å². The molecular weight excluding hydrogens is 374 g/mol. The minimum atomic E-state index is -0.459. The van der Waals surface area contributed by atoms with Crippen LogP contribution in [0.15, 0.2) is 46.1 Å². The van der Waals surface area contributed by atoms with E-state index < -0.39 is 17.2 Å². The predicted octanol–water partition coefficient (Wildman–Crippen LogP) is 0.717. The predicted molar refractivity (Wildman–Crippen MR) is 107 cm³/mol. The van der Waals surface area contributed by atoms with E-state index in [1.54, 1.807) is 38.5 Å². The van der Waals surface area contributed by atoms with E-state index in [0.29, 0.717) is 23.0 Å². The second kappa shape index (κ2) is 6.59. The van der Waals surface area contributed by atoms with Gasteiger partial charge < -0.3 is 9.88 Å². The molecule has 4 rings (SSSR count). The first-order valence-corrected chi connectivity index (χ1v) is 8.84. The van der Waals surface area contributed by atoms with Gasteiger partial charge in [-0.1, -0.05) is 6.07 Å². The molecule has 0 aliphatic rings. The molecule has 0 aromatic carbocycles. The normalized spacial score (nSPS) is 11.2. The second-order valence-electron chi connectivity index (χ2n) is 6.76. The highest BCUT2D eigenvalue weighted by atomic mass is 16.2. The molecule has 4 aromatic heterocycles. The molecule has 0 bridgehead atoms. The van der Waals surface area contributed by atoms with E-state index in [2.05, 4.69) is 15.4 Å². The summed E-state index contributed by atoms with van der Waals surface area (Å²) in [4.78, 5) is 42.0. The van der Waals surface area contributed by atoms with Gasteiger partial charge >= 0.3 is 5.69 Å². The van der Waals surface area contributed by atoms with Crippen LogP contribution in [0.25, 0.3) is 16.9 Å². The van der Waals surface area contributed by atoms with Crippen LogP contribution in [0.1, 0.15) is 16.2 Å². The zero-order valence-corrected chi connectivity index (χ0v) is 16.4. The van der Waals surface area contributed by atoms with Crippen molar-refractivity contribution in [2.45, 2.75) is 6.92 Å².